The molecule has 0 radical (unpaired) electrons. The van der Waals surface area contributed by atoms with Crippen LogP contribution in [0.1, 0.15) is 5.56 Å². The molecule has 3 aromatic rings. The summed E-state index contributed by atoms with van der Waals surface area (Å²) in [7, 11) is 0. The van der Waals surface area contributed by atoms with Crippen LogP contribution in [0.4, 0.5) is 11.4 Å². The lowest BCUT2D eigenvalue weighted by Crippen LogP contribution is -1.92. The van der Waals surface area contributed by atoms with E-state index in [1.54, 1.807) is 29.2 Å². The Balaban J connectivity index is 1.76. The quantitative estimate of drug-likeness (QED) is 0.419. The van der Waals surface area contributed by atoms with Gasteiger partial charge in [-0.1, -0.05) is 18.2 Å². The average Bonchev–Trinajstić information content (AvgIpc) is 3.03. The highest BCUT2D eigenvalue weighted by atomic mass is 16.6. The maximum Gasteiger partial charge on any atom is 0.269 e. The molecule has 6 heteroatoms. The Kier molecular flexibility index (Phi) is 3.74. The SMILES string of the molecule is O=[N+]([O-])c1ccc(N=Cc2cnn(-c3ccccc3)c2)cc1. The summed E-state index contributed by atoms with van der Waals surface area (Å²) in [6.45, 7) is 0. The first-order valence-corrected chi connectivity index (χ1v) is 6.61. The van der Waals surface area contributed by atoms with Crippen LogP contribution >= 0.6 is 0 Å². The molecule has 3 rings (SSSR count). The fourth-order valence-electron chi connectivity index (χ4n) is 1.93. The van der Waals surface area contributed by atoms with E-state index in [9.17, 15) is 10.1 Å². The van der Waals surface area contributed by atoms with Gasteiger partial charge in [0, 0.05) is 30.1 Å². The van der Waals surface area contributed by atoms with Crippen molar-refractivity contribution in [2.24, 2.45) is 4.99 Å². The van der Waals surface area contributed by atoms with E-state index in [0.717, 1.165) is 11.3 Å². The fourth-order valence-corrected chi connectivity index (χ4v) is 1.93. The largest absolute Gasteiger partial charge is 0.269 e. The van der Waals surface area contributed by atoms with E-state index in [0.29, 0.717) is 5.69 Å². The Hall–Kier alpha value is -3.28. The second kappa shape index (κ2) is 6.01. The molecule has 0 fully saturated rings. The van der Waals surface area contributed by atoms with Crippen LogP contribution in [0.15, 0.2) is 72.0 Å². The normalized spacial score (nSPS) is 10.9. The second-order valence-corrected chi connectivity index (χ2v) is 4.59. The third-order valence-electron chi connectivity index (χ3n) is 3.05. The van der Waals surface area contributed by atoms with Crippen LogP contribution in [0.3, 0.4) is 0 Å². The number of nitro benzene ring substituents is 1. The monoisotopic (exact) mass is 292 g/mol. The molecule has 0 spiro atoms. The lowest BCUT2D eigenvalue weighted by Gasteiger charge is -1.98. The zero-order valence-electron chi connectivity index (χ0n) is 11.5. The molecular weight excluding hydrogens is 280 g/mol. The first kappa shape index (κ1) is 13.7. The van der Waals surface area contributed by atoms with Gasteiger partial charge >= 0.3 is 0 Å². The molecule has 0 atom stereocenters. The number of aliphatic imine (C=N–C) groups is 1. The van der Waals surface area contributed by atoms with Gasteiger partial charge in [0.05, 0.1) is 22.5 Å². The van der Waals surface area contributed by atoms with Crippen molar-refractivity contribution in [2.45, 2.75) is 0 Å². The minimum Gasteiger partial charge on any atom is -0.258 e. The number of hydrogen-bond donors (Lipinski definition) is 0. The summed E-state index contributed by atoms with van der Waals surface area (Å²) in [5.41, 5.74) is 2.52. The van der Waals surface area contributed by atoms with Gasteiger partial charge in [0.25, 0.3) is 5.69 Å². The van der Waals surface area contributed by atoms with E-state index < -0.39 is 4.92 Å². The maximum absolute atomic E-state index is 10.6. The Bertz CT molecular complexity index is 808. The molecule has 22 heavy (non-hydrogen) atoms. The molecular formula is C16H12N4O2. The zero-order chi connectivity index (χ0) is 15.4. The fraction of sp³-hybridized carbons (Fsp3) is 0. The van der Waals surface area contributed by atoms with Crippen molar-refractivity contribution in [1.82, 2.24) is 9.78 Å². The highest BCUT2D eigenvalue weighted by molar-refractivity contribution is 5.81. The Morgan fingerprint density at radius 3 is 2.50 bits per heavy atom. The third kappa shape index (κ3) is 3.06. The smallest absolute Gasteiger partial charge is 0.258 e. The summed E-state index contributed by atoms with van der Waals surface area (Å²) in [4.78, 5) is 14.4. The van der Waals surface area contributed by atoms with Crippen LogP contribution < -0.4 is 0 Å². The van der Waals surface area contributed by atoms with Gasteiger partial charge in [-0.15, -0.1) is 0 Å². The van der Waals surface area contributed by atoms with Gasteiger partial charge in [-0.25, -0.2) is 4.68 Å². The van der Waals surface area contributed by atoms with Crippen molar-refractivity contribution in [2.75, 3.05) is 0 Å². The molecule has 1 aromatic heterocycles. The van der Waals surface area contributed by atoms with Crippen LogP contribution in [-0.4, -0.2) is 20.9 Å². The number of para-hydroxylation sites is 1. The number of benzene rings is 2. The van der Waals surface area contributed by atoms with Gasteiger partial charge < -0.3 is 0 Å². The van der Waals surface area contributed by atoms with Crippen molar-refractivity contribution in [1.29, 1.82) is 0 Å². The van der Waals surface area contributed by atoms with E-state index in [1.165, 1.54) is 12.1 Å². The predicted molar refractivity (Wildman–Crippen MR) is 83.9 cm³/mol. The van der Waals surface area contributed by atoms with E-state index in [-0.39, 0.29) is 5.69 Å². The number of non-ortho nitro benzene ring substituents is 1. The van der Waals surface area contributed by atoms with Crippen molar-refractivity contribution < 1.29 is 4.92 Å². The first-order chi connectivity index (χ1) is 10.7. The molecule has 0 aliphatic carbocycles. The summed E-state index contributed by atoms with van der Waals surface area (Å²) < 4.78 is 1.76. The summed E-state index contributed by atoms with van der Waals surface area (Å²) in [6, 6.07) is 15.8. The lowest BCUT2D eigenvalue weighted by molar-refractivity contribution is -0.384. The lowest BCUT2D eigenvalue weighted by atomic mass is 10.3. The summed E-state index contributed by atoms with van der Waals surface area (Å²) in [5, 5.41) is 14.9. The number of hydrogen-bond acceptors (Lipinski definition) is 4. The first-order valence-electron chi connectivity index (χ1n) is 6.61. The third-order valence-corrected chi connectivity index (χ3v) is 3.05. The van der Waals surface area contributed by atoms with Crippen molar-refractivity contribution in [3.8, 4) is 5.69 Å². The summed E-state index contributed by atoms with van der Waals surface area (Å²) >= 11 is 0. The molecule has 108 valence electrons. The molecule has 2 aromatic carbocycles. The van der Waals surface area contributed by atoms with Crippen molar-refractivity contribution in [3.05, 3.63) is 82.7 Å². The van der Waals surface area contributed by atoms with Crippen LogP contribution in [0.5, 0.6) is 0 Å². The van der Waals surface area contributed by atoms with Crippen LogP contribution in [0.2, 0.25) is 0 Å². The molecule has 6 nitrogen and oxygen atoms in total. The maximum atomic E-state index is 10.6. The van der Waals surface area contributed by atoms with Gasteiger partial charge in [-0.3, -0.25) is 15.1 Å². The number of rotatable bonds is 4. The minimum atomic E-state index is -0.433. The molecule has 0 unspecified atom stereocenters. The molecule has 0 saturated carbocycles. The average molecular weight is 292 g/mol. The molecule has 0 bridgehead atoms. The van der Waals surface area contributed by atoms with E-state index in [2.05, 4.69) is 10.1 Å². The zero-order valence-corrected chi connectivity index (χ0v) is 11.5. The molecule has 0 saturated heterocycles. The highest BCUT2D eigenvalue weighted by Crippen LogP contribution is 2.17. The predicted octanol–water partition coefficient (Wildman–Crippen LogP) is 3.53. The van der Waals surface area contributed by atoms with E-state index in [4.69, 9.17) is 0 Å². The van der Waals surface area contributed by atoms with Gasteiger partial charge in [0.2, 0.25) is 0 Å². The van der Waals surface area contributed by atoms with Crippen molar-refractivity contribution >= 4 is 17.6 Å². The molecule has 1 heterocycles. The number of nitrogens with zero attached hydrogens (tertiary/aromatic N) is 4. The van der Waals surface area contributed by atoms with Gasteiger partial charge in [0.15, 0.2) is 0 Å². The number of nitro groups is 1. The standard InChI is InChI=1S/C16H12N4O2/c21-20(22)16-8-6-14(7-9-16)17-10-13-11-18-19(12-13)15-4-2-1-3-5-15/h1-12H. The molecule has 0 aliphatic rings. The Labute approximate surface area is 126 Å². The summed E-state index contributed by atoms with van der Waals surface area (Å²) in [5.74, 6) is 0. The molecule has 0 amide bonds. The Morgan fingerprint density at radius 2 is 1.82 bits per heavy atom. The van der Waals surface area contributed by atoms with Crippen LogP contribution in [-0.2, 0) is 0 Å². The minimum absolute atomic E-state index is 0.0517. The Morgan fingerprint density at radius 1 is 1.09 bits per heavy atom. The number of aromatic nitrogens is 2. The van der Waals surface area contributed by atoms with Crippen LogP contribution in [0.25, 0.3) is 5.69 Å². The van der Waals surface area contributed by atoms with Crippen LogP contribution in [0, 0.1) is 10.1 Å². The van der Waals surface area contributed by atoms with Gasteiger partial charge in [0.1, 0.15) is 0 Å². The molecule has 0 aliphatic heterocycles. The van der Waals surface area contributed by atoms with E-state index in [1.807, 2.05) is 36.5 Å². The van der Waals surface area contributed by atoms with Gasteiger partial charge in [-0.2, -0.15) is 5.10 Å². The molecule has 0 N–H and O–H groups in total. The summed E-state index contributed by atoms with van der Waals surface area (Å²) in [6.07, 6.45) is 5.25. The van der Waals surface area contributed by atoms with E-state index >= 15 is 0 Å². The van der Waals surface area contributed by atoms with Gasteiger partial charge in [-0.05, 0) is 24.3 Å². The highest BCUT2D eigenvalue weighted by Gasteiger charge is 2.03. The topological polar surface area (TPSA) is 73.3 Å². The van der Waals surface area contributed by atoms with Crippen molar-refractivity contribution in [3.63, 3.8) is 0 Å². The second-order valence-electron chi connectivity index (χ2n) is 4.59.